The normalized spacial score (nSPS) is 11.2. The average molecular weight is 463 g/mol. The van der Waals surface area contributed by atoms with Gasteiger partial charge in [0.05, 0.1) is 40.7 Å². The van der Waals surface area contributed by atoms with Crippen molar-refractivity contribution < 1.29 is 19.5 Å². The number of methoxy groups -OCH3 is 2. The van der Waals surface area contributed by atoms with Gasteiger partial charge < -0.3 is 14.6 Å². The molecule has 0 amide bonds. The minimum atomic E-state index is -0.601. The number of halogens is 1. The Bertz CT molecular complexity index is 1220. The molecule has 11 heteroatoms. The number of non-ortho nitro benzene ring substituents is 1. The summed E-state index contributed by atoms with van der Waals surface area (Å²) in [6.07, 6.45) is 1.15. The molecule has 3 rings (SSSR count). The number of hydrogen-bond donors (Lipinski definition) is 1. The SMILES string of the molecule is COc1cc2nc(C)n(N=Cc3cc([N+](=O)[O-])cc(Br)c3O)c(=O)c2cc1OC. The van der Waals surface area contributed by atoms with E-state index in [2.05, 4.69) is 26.0 Å². The van der Waals surface area contributed by atoms with Crippen LogP contribution in [0.1, 0.15) is 11.4 Å². The van der Waals surface area contributed by atoms with Gasteiger partial charge in [0.25, 0.3) is 11.2 Å². The van der Waals surface area contributed by atoms with E-state index in [1.165, 1.54) is 26.4 Å². The highest BCUT2D eigenvalue weighted by atomic mass is 79.9. The molecule has 0 fully saturated rings. The van der Waals surface area contributed by atoms with Crippen molar-refractivity contribution in [3.63, 3.8) is 0 Å². The Morgan fingerprint density at radius 3 is 2.52 bits per heavy atom. The molecule has 0 aliphatic carbocycles. The van der Waals surface area contributed by atoms with Crippen LogP contribution >= 0.6 is 15.9 Å². The summed E-state index contributed by atoms with van der Waals surface area (Å²) in [5.41, 5.74) is -0.260. The van der Waals surface area contributed by atoms with E-state index in [4.69, 9.17) is 9.47 Å². The van der Waals surface area contributed by atoms with Crippen molar-refractivity contribution in [2.75, 3.05) is 14.2 Å². The molecule has 0 radical (unpaired) electrons. The first-order valence-corrected chi connectivity index (χ1v) is 8.92. The van der Waals surface area contributed by atoms with Gasteiger partial charge in [-0.3, -0.25) is 14.9 Å². The first-order chi connectivity index (χ1) is 13.8. The minimum absolute atomic E-state index is 0.0600. The molecule has 1 heterocycles. The monoisotopic (exact) mass is 462 g/mol. The van der Waals surface area contributed by atoms with Crippen LogP contribution in [0.25, 0.3) is 10.9 Å². The molecule has 0 unspecified atom stereocenters. The third-order valence-corrected chi connectivity index (χ3v) is 4.72. The second-order valence-corrected chi connectivity index (χ2v) is 6.72. The van der Waals surface area contributed by atoms with Crippen LogP contribution in [0.2, 0.25) is 0 Å². The topological polar surface area (TPSA) is 129 Å². The summed E-state index contributed by atoms with van der Waals surface area (Å²) in [5, 5.41) is 25.5. The van der Waals surface area contributed by atoms with Crippen LogP contribution in [-0.2, 0) is 0 Å². The van der Waals surface area contributed by atoms with Crippen LogP contribution in [0.3, 0.4) is 0 Å². The molecule has 0 saturated heterocycles. The maximum absolute atomic E-state index is 12.9. The van der Waals surface area contributed by atoms with Gasteiger partial charge in [-0.25, -0.2) is 4.98 Å². The number of aromatic nitrogens is 2. The van der Waals surface area contributed by atoms with Crippen molar-refractivity contribution in [2.24, 2.45) is 5.10 Å². The molecule has 29 heavy (non-hydrogen) atoms. The Hall–Kier alpha value is -3.47. The number of fused-ring (bicyclic) bond motifs is 1. The molecule has 0 atom stereocenters. The van der Waals surface area contributed by atoms with Gasteiger partial charge in [0.1, 0.15) is 11.6 Å². The number of nitro benzene ring substituents is 1. The number of hydrogen-bond acceptors (Lipinski definition) is 8. The predicted molar refractivity (Wildman–Crippen MR) is 109 cm³/mol. The number of rotatable bonds is 5. The lowest BCUT2D eigenvalue weighted by Crippen LogP contribution is -2.20. The van der Waals surface area contributed by atoms with Gasteiger partial charge in [0, 0.05) is 23.8 Å². The highest BCUT2D eigenvalue weighted by molar-refractivity contribution is 9.10. The van der Waals surface area contributed by atoms with E-state index in [1.54, 1.807) is 13.0 Å². The number of phenolic OH excluding ortho intramolecular Hbond substituents is 1. The predicted octanol–water partition coefficient (Wildman–Crippen LogP) is 2.98. The summed E-state index contributed by atoms with van der Waals surface area (Å²) in [5.74, 6) is 0.817. The first-order valence-electron chi connectivity index (χ1n) is 8.13. The van der Waals surface area contributed by atoms with Gasteiger partial charge in [-0.05, 0) is 28.9 Å². The lowest BCUT2D eigenvalue weighted by molar-refractivity contribution is -0.385. The molecule has 10 nitrogen and oxygen atoms in total. The Kier molecular flexibility index (Phi) is 5.50. The highest BCUT2D eigenvalue weighted by Crippen LogP contribution is 2.32. The summed E-state index contributed by atoms with van der Waals surface area (Å²) < 4.78 is 11.6. The Morgan fingerprint density at radius 2 is 1.90 bits per heavy atom. The largest absolute Gasteiger partial charge is 0.506 e. The van der Waals surface area contributed by atoms with Gasteiger partial charge in [-0.15, -0.1) is 0 Å². The fraction of sp³-hybridized carbons (Fsp3) is 0.167. The van der Waals surface area contributed by atoms with Crippen molar-refractivity contribution in [3.05, 3.63) is 60.6 Å². The molecule has 0 saturated carbocycles. The van der Waals surface area contributed by atoms with Gasteiger partial charge in [-0.1, -0.05) is 0 Å². The fourth-order valence-corrected chi connectivity index (χ4v) is 3.14. The number of nitrogens with zero attached hydrogens (tertiary/aromatic N) is 4. The van der Waals surface area contributed by atoms with Gasteiger partial charge >= 0.3 is 0 Å². The van der Waals surface area contributed by atoms with E-state index in [-0.39, 0.29) is 32.7 Å². The summed E-state index contributed by atoms with van der Waals surface area (Å²) >= 11 is 3.06. The molecular formula is C18H15BrN4O6. The van der Waals surface area contributed by atoms with Gasteiger partial charge in [-0.2, -0.15) is 9.78 Å². The Labute approximate surface area is 172 Å². The fourth-order valence-electron chi connectivity index (χ4n) is 2.68. The minimum Gasteiger partial charge on any atom is -0.506 e. The molecule has 2 aromatic carbocycles. The van der Waals surface area contributed by atoms with Crippen molar-refractivity contribution in [2.45, 2.75) is 6.92 Å². The summed E-state index contributed by atoms with van der Waals surface area (Å²) in [7, 11) is 2.93. The number of ether oxygens (including phenoxy) is 2. The molecule has 0 aliphatic heterocycles. The van der Waals surface area contributed by atoms with Crippen molar-refractivity contribution in [3.8, 4) is 17.2 Å². The zero-order chi connectivity index (χ0) is 21.3. The number of benzene rings is 2. The molecule has 150 valence electrons. The Morgan fingerprint density at radius 1 is 1.24 bits per heavy atom. The third kappa shape index (κ3) is 3.76. The van der Waals surface area contributed by atoms with E-state index < -0.39 is 10.5 Å². The van der Waals surface area contributed by atoms with Crippen LogP contribution in [-0.4, -0.2) is 40.1 Å². The molecule has 3 aromatic rings. The van der Waals surface area contributed by atoms with E-state index in [9.17, 15) is 20.0 Å². The van der Waals surface area contributed by atoms with Crippen LogP contribution in [0.15, 0.2) is 38.6 Å². The summed E-state index contributed by atoms with van der Waals surface area (Å²) in [4.78, 5) is 27.7. The number of aromatic hydroxyl groups is 1. The second-order valence-electron chi connectivity index (χ2n) is 5.87. The van der Waals surface area contributed by atoms with Crippen LogP contribution in [0, 0.1) is 17.0 Å². The van der Waals surface area contributed by atoms with Crippen molar-refractivity contribution >= 4 is 38.7 Å². The zero-order valence-corrected chi connectivity index (χ0v) is 17.1. The van der Waals surface area contributed by atoms with Gasteiger partial charge in [0.2, 0.25) is 0 Å². The molecular weight excluding hydrogens is 448 g/mol. The number of nitro groups is 1. The first kappa shape index (κ1) is 20.3. The van der Waals surface area contributed by atoms with Crippen molar-refractivity contribution in [1.82, 2.24) is 9.66 Å². The van der Waals surface area contributed by atoms with Crippen LogP contribution in [0.4, 0.5) is 5.69 Å². The molecule has 0 aliphatic rings. The smallest absolute Gasteiger partial charge is 0.282 e. The lowest BCUT2D eigenvalue weighted by atomic mass is 10.2. The standard InChI is InChI=1S/C18H15BrN4O6/c1-9-21-14-7-16(29-3)15(28-2)6-12(14)18(25)22(9)20-8-10-4-11(23(26)27)5-13(19)17(10)24/h4-8,24H,1-3H3. The van der Waals surface area contributed by atoms with E-state index in [0.717, 1.165) is 17.0 Å². The van der Waals surface area contributed by atoms with Crippen LogP contribution < -0.4 is 15.0 Å². The quantitative estimate of drug-likeness (QED) is 0.350. The number of phenols is 1. The zero-order valence-electron chi connectivity index (χ0n) is 15.5. The maximum Gasteiger partial charge on any atom is 0.282 e. The molecule has 0 spiro atoms. The molecule has 1 aromatic heterocycles. The number of aryl methyl sites for hydroxylation is 1. The Balaban J connectivity index is 2.16. The van der Waals surface area contributed by atoms with E-state index in [0.29, 0.717) is 17.0 Å². The van der Waals surface area contributed by atoms with Crippen molar-refractivity contribution in [1.29, 1.82) is 0 Å². The third-order valence-electron chi connectivity index (χ3n) is 4.11. The van der Waals surface area contributed by atoms with E-state index in [1.807, 2.05) is 0 Å². The second kappa shape index (κ2) is 7.87. The average Bonchev–Trinajstić information content (AvgIpc) is 2.69. The van der Waals surface area contributed by atoms with Gasteiger partial charge in [0.15, 0.2) is 11.5 Å². The lowest BCUT2D eigenvalue weighted by Gasteiger charge is -2.10. The maximum atomic E-state index is 12.9. The molecule has 0 bridgehead atoms. The van der Waals surface area contributed by atoms with Crippen LogP contribution in [0.5, 0.6) is 17.2 Å². The highest BCUT2D eigenvalue weighted by Gasteiger charge is 2.15. The summed E-state index contributed by atoms with van der Waals surface area (Å²) in [6, 6.07) is 5.39. The summed E-state index contributed by atoms with van der Waals surface area (Å²) in [6.45, 7) is 1.58. The molecule has 1 N–H and O–H groups in total. The van der Waals surface area contributed by atoms with E-state index >= 15 is 0 Å².